The molecule has 0 saturated heterocycles. The maximum Gasteiger partial charge on any atom is 0.259 e. The predicted molar refractivity (Wildman–Crippen MR) is 64.0 cm³/mol. The second-order valence-corrected chi connectivity index (χ2v) is 4.74. The van der Waals surface area contributed by atoms with Gasteiger partial charge in [-0.1, -0.05) is 12.1 Å². The van der Waals surface area contributed by atoms with Gasteiger partial charge >= 0.3 is 0 Å². The lowest BCUT2D eigenvalue weighted by Crippen LogP contribution is -2.51. The Morgan fingerprint density at radius 3 is 2.29 bits per heavy atom. The fourth-order valence-corrected chi connectivity index (χ4v) is 1.88. The zero-order valence-corrected chi connectivity index (χ0v) is 10.6. The fraction of sp³-hybridized carbons (Fsp3) is 0.462. The first-order valence-corrected chi connectivity index (χ1v) is 5.55. The molecule has 0 fully saturated rings. The zero-order chi connectivity index (χ0) is 13.2. The van der Waals surface area contributed by atoms with Gasteiger partial charge in [-0.2, -0.15) is 0 Å². The number of nitrogens with zero attached hydrogens (tertiary/aromatic N) is 1. The second kappa shape index (κ2) is 4.84. The summed E-state index contributed by atoms with van der Waals surface area (Å²) in [6.07, 6.45) is 0. The van der Waals surface area contributed by atoms with Crippen LogP contribution in [0.4, 0.5) is 4.39 Å². The summed E-state index contributed by atoms with van der Waals surface area (Å²) < 4.78 is 13.5. The molecule has 0 saturated carbocycles. The third kappa shape index (κ3) is 3.03. The third-order valence-electron chi connectivity index (χ3n) is 2.43. The first-order chi connectivity index (χ1) is 7.75. The molecular weight excluding hydrogens is 221 g/mol. The van der Waals surface area contributed by atoms with E-state index in [9.17, 15) is 14.3 Å². The number of hydrogen-bond donors (Lipinski definition) is 1. The Labute approximate surface area is 101 Å². The first-order valence-electron chi connectivity index (χ1n) is 5.55. The van der Waals surface area contributed by atoms with Gasteiger partial charge in [0.15, 0.2) is 0 Å². The van der Waals surface area contributed by atoms with Crippen molar-refractivity contribution < 1.29 is 14.3 Å². The Hall–Kier alpha value is -1.42. The lowest BCUT2D eigenvalue weighted by atomic mass is 10.1. The van der Waals surface area contributed by atoms with Gasteiger partial charge in [0.1, 0.15) is 11.5 Å². The molecule has 94 valence electrons. The van der Waals surface area contributed by atoms with Crippen LogP contribution in [0.15, 0.2) is 24.3 Å². The highest BCUT2D eigenvalue weighted by Gasteiger charge is 2.32. The maximum absolute atomic E-state index is 13.5. The first kappa shape index (κ1) is 13.6. The van der Waals surface area contributed by atoms with Crippen LogP contribution in [0.1, 0.15) is 38.1 Å². The van der Waals surface area contributed by atoms with Crippen molar-refractivity contribution in [1.82, 2.24) is 4.90 Å². The van der Waals surface area contributed by atoms with E-state index in [1.165, 1.54) is 36.9 Å². The van der Waals surface area contributed by atoms with E-state index in [0.717, 1.165) is 0 Å². The van der Waals surface area contributed by atoms with Crippen molar-refractivity contribution in [2.24, 2.45) is 0 Å². The minimum atomic E-state index is -1.33. The molecule has 1 aromatic rings. The molecule has 1 N–H and O–H groups in total. The van der Waals surface area contributed by atoms with E-state index in [-0.39, 0.29) is 11.6 Å². The SMILES string of the molecule is CC(C)N(C(=O)c1ccccc1F)C(C)(C)O. The second-order valence-electron chi connectivity index (χ2n) is 4.74. The lowest BCUT2D eigenvalue weighted by molar-refractivity contribution is -0.0718. The van der Waals surface area contributed by atoms with Crippen LogP contribution in [-0.2, 0) is 0 Å². The topological polar surface area (TPSA) is 40.5 Å². The van der Waals surface area contributed by atoms with Crippen LogP contribution >= 0.6 is 0 Å². The largest absolute Gasteiger partial charge is 0.371 e. The van der Waals surface area contributed by atoms with E-state index in [4.69, 9.17) is 0 Å². The molecule has 1 amide bonds. The molecule has 0 aliphatic carbocycles. The normalized spacial score (nSPS) is 11.7. The quantitative estimate of drug-likeness (QED) is 0.823. The Bertz CT molecular complexity index is 410. The number of rotatable bonds is 3. The molecule has 0 spiro atoms. The molecule has 1 aromatic carbocycles. The van der Waals surface area contributed by atoms with Crippen molar-refractivity contribution in [1.29, 1.82) is 0 Å². The molecule has 17 heavy (non-hydrogen) atoms. The van der Waals surface area contributed by atoms with E-state index in [1.54, 1.807) is 19.9 Å². The zero-order valence-electron chi connectivity index (χ0n) is 10.6. The smallest absolute Gasteiger partial charge is 0.259 e. The number of carbonyl (C=O) groups is 1. The Morgan fingerprint density at radius 1 is 1.35 bits per heavy atom. The van der Waals surface area contributed by atoms with Crippen molar-refractivity contribution in [3.8, 4) is 0 Å². The minimum absolute atomic E-state index is 0.0247. The van der Waals surface area contributed by atoms with E-state index in [2.05, 4.69) is 0 Å². The van der Waals surface area contributed by atoms with E-state index < -0.39 is 17.4 Å². The number of amides is 1. The molecule has 0 unspecified atom stereocenters. The van der Waals surface area contributed by atoms with Crippen molar-refractivity contribution in [3.05, 3.63) is 35.6 Å². The Kier molecular flexibility index (Phi) is 3.88. The Balaban J connectivity index is 3.14. The van der Waals surface area contributed by atoms with Gasteiger partial charge in [-0.3, -0.25) is 4.79 Å². The summed E-state index contributed by atoms with van der Waals surface area (Å²) in [4.78, 5) is 13.4. The Morgan fingerprint density at radius 2 is 1.88 bits per heavy atom. The average molecular weight is 239 g/mol. The van der Waals surface area contributed by atoms with Gasteiger partial charge in [-0.15, -0.1) is 0 Å². The molecule has 1 rings (SSSR count). The minimum Gasteiger partial charge on any atom is -0.371 e. The average Bonchev–Trinajstić information content (AvgIpc) is 2.15. The van der Waals surface area contributed by atoms with Gasteiger partial charge in [-0.05, 0) is 39.8 Å². The number of hydrogen-bond acceptors (Lipinski definition) is 2. The van der Waals surface area contributed by atoms with Crippen LogP contribution in [-0.4, -0.2) is 27.7 Å². The highest BCUT2D eigenvalue weighted by Crippen LogP contribution is 2.20. The van der Waals surface area contributed by atoms with Crippen molar-refractivity contribution in [3.63, 3.8) is 0 Å². The monoisotopic (exact) mass is 239 g/mol. The third-order valence-corrected chi connectivity index (χ3v) is 2.43. The van der Waals surface area contributed by atoms with Gasteiger partial charge < -0.3 is 10.0 Å². The standard InChI is InChI=1S/C13H18FNO2/c1-9(2)15(13(3,4)17)12(16)10-7-5-6-8-11(10)14/h5-9,17H,1-4H3. The van der Waals surface area contributed by atoms with Crippen molar-refractivity contribution in [2.45, 2.75) is 39.5 Å². The molecule has 0 atom stereocenters. The van der Waals surface area contributed by atoms with Crippen LogP contribution < -0.4 is 0 Å². The molecule has 0 aromatic heterocycles. The van der Waals surface area contributed by atoms with Crippen LogP contribution in [0, 0.1) is 5.82 Å². The molecule has 0 aliphatic heterocycles. The summed E-state index contributed by atoms with van der Waals surface area (Å²) in [5.41, 5.74) is -1.35. The van der Waals surface area contributed by atoms with E-state index >= 15 is 0 Å². The number of benzene rings is 1. The summed E-state index contributed by atoms with van der Waals surface area (Å²) in [5, 5.41) is 9.95. The number of carbonyl (C=O) groups excluding carboxylic acids is 1. The highest BCUT2D eigenvalue weighted by atomic mass is 19.1. The van der Waals surface area contributed by atoms with Gasteiger partial charge in [0.2, 0.25) is 0 Å². The van der Waals surface area contributed by atoms with Crippen LogP contribution in [0.2, 0.25) is 0 Å². The van der Waals surface area contributed by atoms with Crippen molar-refractivity contribution >= 4 is 5.91 Å². The van der Waals surface area contributed by atoms with Crippen LogP contribution in [0.25, 0.3) is 0 Å². The lowest BCUT2D eigenvalue weighted by Gasteiger charge is -2.37. The molecular formula is C13H18FNO2. The summed E-state index contributed by atoms with van der Waals surface area (Å²) in [6.45, 7) is 6.56. The molecule has 3 nitrogen and oxygen atoms in total. The highest BCUT2D eigenvalue weighted by molar-refractivity contribution is 5.95. The number of halogens is 1. The summed E-state index contributed by atoms with van der Waals surface area (Å²) in [6, 6.07) is 5.55. The van der Waals surface area contributed by atoms with Crippen LogP contribution in [0.5, 0.6) is 0 Å². The summed E-state index contributed by atoms with van der Waals surface area (Å²) in [7, 11) is 0. The molecule has 0 heterocycles. The number of aliphatic hydroxyl groups is 1. The van der Waals surface area contributed by atoms with E-state index in [0.29, 0.717) is 0 Å². The van der Waals surface area contributed by atoms with Crippen molar-refractivity contribution in [2.75, 3.05) is 0 Å². The fourth-order valence-electron chi connectivity index (χ4n) is 1.88. The molecule has 0 aliphatic rings. The molecule has 0 bridgehead atoms. The molecule has 4 heteroatoms. The van der Waals surface area contributed by atoms with E-state index in [1.807, 2.05) is 0 Å². The summed E-state index contributed by atoms with van der Waals surface area (Å²) in [5.74, 6) is -1.09. The van der Waals surface area contributed by atoms with Gasteiger partial charge in [0, 0.05) is 6.04 Å². The summed E-state index contributed by atoms with van der Waals surface area (Å²) >= 11 is 0. The van der Waals surface area contributed by atoms with Gasteiger partial charge in [0.05, 0.1) is 5.56 Å². The van der Waals surface area contributed by atoms with Crippen LogP contribution in [0.3, 0.4) is 0 Å². The maximum atomic E-state index is 13.5. The van der Waals surface area contributed by atoms with Gasteiger partial charge in [0.25, 0.3) is 5.91 Å². The van der Waals surface area contributed by atoms with Gasteiger partial charge in [-0.25, -0.2) is 4.39 Å². The molecule has 0 radical (unpaired) electrons. The predicted octanol–water partition coefficient (Wildman–Crippen LogP) is 2.40.